The molecule has 0 aliphatic carbocycles. The lowest BCUT2D eigenvalue weighted by atomic mass is 10.3. The molecule has 3 rings (SSSR count). The van der Waals surface area contributed by atoms with E-state index in [4.69, 9.17) is 27.9 Å². The largest absolute Gasteiger partial charge is 0.495 e. The van der Waals surface area contributed by atoms with Gasteiger partial charge in [-0.15, -0.1) is 0 Å². The smallest absolute Gasteiger partial charge is 0.142 e. The molecule has 0 saturated heterocycles. The van der Waals surface area contributed by atoms with Gasteiger partial charge < -0.3 is 15.4 Å². The standard InChI is InChI=1S/C18H16Cl2N4O/c1-11-21-17(23-14-6-4-3-5-13(14)20)10-18(22-11)24-15-9-12(19)7-8-16(15)25-2/h3-10H,1-2H3,(H2,21,22,23,24). The van der Waals surface area contributed by atoms with E-state index in [1.165, 1.54) is 0 Å². The van der Waals surface area contributed by atoms with Crippen LogP contribution in [0.25, 0.3) is 0 Å². The fourth-order valence-corrected chi connectivity index (χ4v) is 2.67. The maximum Gasteiger partial charge on any atom is 0.142 e. The van der Waals surface area contributed by atoms with Gasteiger partial charge in [-0.05, 0) is 37.3 Å². The first-order chi connectivity index (χ1) is 12.0. The number of nitrogens with one attached hydrogen (secondary N) is 2. The fraction of sp³-hybridized carbons (Fsp3) is 0.111. The Bertz CT molecular complexity index is 902. The van der Waals surface area contributed by atoms with Crippen molar-refractivity contribution in [1.82, 2.24) is 9.97 Å². The summed E-state index contributed by atoms with van der Waals surface area (Å²) in [6, 6.07) is 14.6. The number of nitrogens with zero attached hydrogens (tertiary/aromatic N) is 2. The molecule has 128 valence electrons. The van der Waals surface area contributed by atoms with Crippen LogP contribution in [-0.4, -0.2) is 17.1 Å². The average molecular weight is 375 g/mol. The van der Waals surface area contributed by atoms with Gasteiger partial charge in [0.2, 0.25) is 0 Å². The highest BCUT2D eigenvalue weighted by molar-refractivity contribution is 6.33. The number of benzene rings is 2. The van der Waals surface area contributed by atoms with Crippen LogP contribution in [0.4, 0.5) is 23.0 Å². The lowest BCUT2D eigenvalue weighted by molar-refractivity contribution is 0.417. The van der Waals surface area contributed by atoms with Crippen molar-refractivity contribution >= 4 is 46.2 Å². The van der Waals surface area contributed by atoms with Crippen molar-refractivity contribution in [3.05, 3.63) is 64.4 Å². The van der Waals surface area contributed by atoms with Gasteiger partial charge in [0.25, 0.3) is 0 Å². The van der Waals surface area contributed by atoms with Crippen molar-refractivity contribution in [2.45, 2.75) is 6.92 Å². The summed E-state index contributed by atoms with van der Waals surface area (Å²) in [5.41, 5.74) is 1.49. The van der Waals surface area contributed by atoms with Crippen molar-refractivity contribution in [3.63, 3.8) is 0 Å². The first-order valence-electron chi connectivity index (χ1n) is 7.53. The van der Waals surface area contributed by atoms with E-state index in [0.717, 1.165) is 11.4 Å². The van der Waals surface area contributed by atoms with Gasteiger partial charge in [-0.2, -0.15) is 0 Å². The molecular weight excluding hydrogens is 359 g/mol. The molecule has 5 nitrogen and oxygen atoms in total. The van der Waals surface area contributed by atoms with Gasteiger partial charge in [-0.3, -0.25) is 0 Å². The van der Waals surface area contributed by atoms with Crippen molar-refractivity contribution < 1.29 is 4.74 Å². The highest BCUT2D eigenvalue weighted by atomic mass is 35.5. The summed E-state index contributed by atoms with van der Waals surface area (Å²) < 4.78 is 5.35. The molecule has 0 spiro atoms. The first-order valence-corrected chi connectivity index (χ1v) is 8.28. The average Bonchev–Trinajstić information content (AvgIpc) is 2.57. The molecule has 25 heavy (non-hydrogen) atoms. The number of anilines is 4. The third-order valence-electron chi connectivity index (χ3n) is 3.40. The Morgan fingerprint density at radius 1 is 0.880 bits per heavy atom. The number of ether oxygens (including phenoxy) is 1. The second kappa shape index (κ2) is 7.59. The van der Waals surface area contributed by atoms with Crippen molar-refractivity contribution in [3.8, 4) is 5.75 Å². The summed E-state index contributed by atoms with van der Waals surface area (Å²) in [4.78, 5) is 8.80. The minimum absolute atomic E-state index is 0.600. The maximum atomic E-state index is 6.19. The van der Waals surface area contributed by atoms with E-state index in [-0.39, 0.29) is 0 Å². The van der Waals surface area contributed by atoms with Crippen LogP contribution < -0.4 is 15.4 Å². The summed E-state index contributed by atoms with van der Waals surface area (Å²) in [5, 5.41) is 7.63. The molecule has 2 aromatic carbocycles. The number of methoxy groups -OCH3 is 1. The number of aryl methyl sites for hydroxylation is 1. The van der Waals surface area contributed by atoms with Crippen LogP contribution >= 0.6 is 23.2 Å². The number of halogens is 2. The van der Waals surface area contributed by atoms with E-state index >= 15 is 0 Å². The van der Waals surface area contributed by atoms with Gasteiger partial charge in [0, 0.05) is 11.1 Å². The summed E-state index contributed by atoms with van der Waals surface area (Å²) in [6.07, 6.45) is 0. The number of hydrogen-bond donors (Lipinski definition) is 2. The van der Waals surface area contributed by atoms with Gasteiger partial charge in [-0.1, -0.05) is 35.3 Å². The zero-order chi connectivity index (χ0) is 17.8. The molecule has 1 heterocycles. The zero-order valence-electron chi connectivity index (χ0n) is 13.7. The van der Waals surface area contributed by atoms with Crippen LogP contribution in [-0.2, 0) is 0 Å². The van der Waals surface area contributed by atoms with E-state index in [1.807, 2.05) is 31.2 Å². The van der Waals surface area contributed by atoms with Crippen LogP contribution in [0.5, 0.6) is 5.75 Å². The number of para-hydroxylation sites is 1. The first kappa shape index (κ1) is 17.3. The van der Waals surface area contributed by atoms with E-state index in [0.29, 0.717) is 33.3 Å². The van der Waals surface area contributed by atoms with Crippen LogP contribution in [0.1, 0.15) is 5.82 Å². The van der Waals surface area contributed by atoms with Crippen molar-refractivity contribution in [2.75, 3.05) is 17.7 Å². The van der Waals surface area contributed by atoms with Gasteiger partial charge >= 0.3 is 0 Å². The molecule has 0 aliphatic heterocycles. The minimum atomic E-state index is 0.600. The van der Waals surface area contributed by atoms with Gasteiger partial charge in [0.15, 0.2) is 0 Å². The van der Waals surface area contributed by atoms with E-state index < -0.39 is 0 Å². The predicted octanol–water partition coefficient (Wildman–Crippen LogP) is 5.59. The quantitative estimate of drug-likeness (QED) is 0.609. The molecule has 0 radical (unpaired) electrons. The molecule has 2 N–H and O–H groups in total. The van der Waals surface area contributed by atoms with Crippen LogP contribution in [0.2, 0.25) is 10.0 Å². The molecule has 1 aromatic heterocycles. The van der Waals surface area contributed by atoms with Gasteiger partial charge in [0.05, 0.1) is 23.5 Å². The molecule has 0 unspecified atom stereocenters. The minimum Gasteiger partial charge on any atom is -0.495 e. The summed E-state index contributed by atoms with van der Waals surface area (Å²) in [6.45, 7) is 1.82. The van der Waals surface area contributed by atoms with Crippen molar-refractivity contribution in [2.24, 2.45) is 0 Å². The van der Waals surface area contributed by atoms with E-state index in [9.17, 15) is 0 Å². The summed E-state index contributed by atoms with van der Waals surface area (Å²) in [5.74, 6) is 2.52. The Hall–Kier alpha value is -2.50. The highest BCUT2D eigenvalue weighted by Gasteiger charge is 2.08. The third-order valence-corrected chi connectivity index (χ3v) is 3.96. The second-order valence-electron chi connectivity index (χ2n) is 5.26. The fourth-order valence-electron chi connectivity index (χ4n) is 2.31. The normalized spacial score (nSPS) is 10.4. The Labute approximate surface area is 156 Å². The highest BCUT2D eigenvalue weighted by Crippen LogP contribution is 2.31. The SMILES string of the molecule is COc1ccc(Cl)cc1Nc1cc(Nc2ccccc2Cl)nc(C)n1. The van der Waals surface area contributed by atoms with Crippen molar-refractivity contribution in [1.29, 1.82) is 0 Å². The van der Waals surface area contributed by atoms with Gasteiger partial charge in [0.1, 0.15) is 23.2 Å². The molecular formula is C18H16Cl2N4O. The zero-order valence-corrected chi connectivity index (χ0v) is 15.2. The molecule has 7 heteroatoms. The Balaban J connectivity index is 1.90. The molecule has 0 fully saturated rings. The Morgan fingerprint density at radius 2 is 1.56 bits per heavy atom. The van der Waals surface area contributed by atoms with Crippen LogP contribution in [0, 0.1) is 6.92 Å². The Kier molecular flexibility index (Phi) is 5.26. The summed E-state index contributed by atoms with van der Waals surface area (Å²) >= 11 is 12.3. The Morgan fingerprint density at radius 3 is 2.24 bits per heavy atom. The number of hydrogen-bond acceptors (Lipinski definition) is 5. The van der Waals surface area contributed by atoms with E-state index in [1.54, 1.807) is 31.4 Å². The predicted molar refractivity (Wildman–Crippen MR) is 103 cm³/mol. The van der Waals surface area contributed by atoms with Crippen LogP contribution in [0.3, 0.4) is 0 Å². The van der Waals surface area contributed by atoms with E-state index in [2.05, 4.69) is 20.6 Å². The molecule has 0 aliphatic rings. The number of aromatic nitrogens is 2. The molecule has 0 atom stereocenters. The third kappa shape index (κ3) is 4.32. The van der Waals surface area contributed by atoms with Gasteiger partial charge in [-0.25, -0.2) is 9.97 Å². The molecule has 0 amide bonds. The molecule has 3 aromatic rings. The molecule has 0 saturated carbocycles. The lowest BCUT2D eigenvalue weighted by Crippen LogP contribution is -2.02. The topological polar surface area (TPSA) is 59.1 Å². The lowest BCUT2D eigenvalue weighted by Gasteiger charge is -2.13. The number of rotatable bonds is 5. The van der Waals surface area contributed by atoms with Crippen LogP contribution in [0.15, 0.2) is 48.5 Å². The summed E-state index contributed by atoms with van der Waals surface area (Å²) in [7, 11) is 1.60. The monoisotopic (exact) mass is 374 g/mol. The molecule has 0 bridgehead atoms. The maximum absolute atomic E-state index is 6.19. The second-order valence-corrected chi connectivity index (χ2v) is 6.10.